The van der Waals surface area contributed by atoms with E-state index in [1.54, 1.807) is 12.1 Å². The molecule has 1 heterocycles. The number of amides is 1. The van der Waals surface area contributed by atoms with Crippen molar-refractivity contribution in [2.45, 2.75) is 25.8 Å². The Kier molecular flexibility index (Phi) is 3.60. The first-order valence-corrected chi connectivity index (χ1v) is 7.20. The summed E-state index contributed by atoms with van der Waals surface area (Å²) in [6, 6.07) is 11.4. The van der Waals surface area contributed by atoms with Crippen LogP contribution in [0.15, 0.2) is 47.4 Å². The van der Waals surface area contributed by atoms with Gasteiger partial charge in [0.05, 0.1) is 6.04 Å². The van der Waals surface area contributed by atoms with E-state index in [-0.39, 0.29) is 23.1 Å². The molecule has 1 aliphatic rings. The monoisotopic (exact) mass is 282 g/mol. The van der Waals surface area contributed by atoms with Gasteiger partial charge in [-0.1, -0.05) is 29.8 Å². The molecule has 1 unspecified atom stereocenters. The summed E-state index contributed by atoms with van der Waals surface area (Å²) in [6.07, 6.45) is 3.76. The van der Waals surface area contributed by atoms with Crippen LogP contribution in [0.25, 0.3) is 0 Å². The van der Waals surface area contributed by atoms with Crippen molar-refractivity contribution in [1.82, 2.24) is 10.3 Å². The largest absolute Gasteiger partial charge is 0.345 e. The molecule has 1 fully saturated rings. The van der Waals surface area contributed by atoms with Gasteiger partial charge in [0, 0.05) is 6.20 Å². The van der Waals surface area contributed by atoms with E-state index in [9.17, 15) is 9.59 Å². The lowest BCUT2D eigenvalue weighted by Gasteiger charge is -2.19. The van der Waals surface area contributed by atoms with Gasteiger partial charge in [-0.15, -0.1) is 0 Å². The Bertz CT molecular complexity index is 699. The fraction of sp³-hybridized carbons (Fsp3) is 0.294. The van der Waals surface area contributed by atoms with Gasteiger partial charge in [-0.3, -0.25) is 9.59 Å². The number of H-pyrrole nitrogens is 1. The van der Waals surface area contributed by atoms with Crippen molar-refractivity contribution in [3.63, 3.8) is 0 Å². The quantitative estimate of drug-likeness (QED) is 0.905. The molecule has 1 aliphatic carbocycles. The third-order valence-corrected chi connectivity index (χ3v) is 3.88. The summed E-state index contributed by atoms with van der Waals surface area (Å²) in [4.78, 5) is 26.5. The highest BCUT2D eigenvalue weighted by atomic mass is 16.2. The molecule has 2 N–H and O–H groups in total. The molecule has 4 heteroatoms. The SMILES string of the molecule is Cc1ccc(C(NC(=O)c2ccc[nH]c2=O)C2CC2)cc1. The number of aryl methyl sites for hydroxylation is 1. The number of hydrogen-bond donors (Lipinski definition) is 2. The zero-order chi connectivity index (χ0) is 14.8. The van der Waals surface area contributed by atoms with Crippen LogP contribution < -0.4 is 10.9 Å². The Labute approximate surface area is 123 Å². The van der Waals surface area contributed by atoms with Crippen LogP contribution in [0.1, 0.15) is 40.4 Å². The second-order valence-corrected chi connectivity index (χ2v) is 5.61. The highest BCUT2D eigenvalue weighted by Gasteiger charge is 2.33. The predicted molar refractivity (Wildman–Crippen MR) is 81.2 cm³/mol. The lowest BCUT2D eigenvalue weighted by atomic mass is 10.0. The lowest BCUT2D eigenvalue weighted by Crippen LogP contribution is -2.33. The molecular formula is C17H18N2O2. The second kappa shape index (κ2) is 5.56. The van der Waals surface area contributed by atoms with Crippen LogP contribution in [0.4, 0.5) is 0 Å². The fourth-order valence-electron chi connectivity index (χ4n) is 2.50. The molecule has 1 amide bonds. The van der Waals surface area contributed by atoms with Gasteiger partial charge < -0.3 is 10.3 Å². The van der Waals surface area contributed by atoms with E-state index in [0.29, 0.717) is 5.92 Å². The number of rotatable bonds is 4. The minimum Gasteiger partial charge on any atom is -0.345 e. The maximum Gasteiger partial charge on any atom is 0.260 e. The molecular weight excluding hydrogens is 264 g/mol. The van der Waals surface area contributed by atoms with Gasteiger partial charge in [0.25, 0.3) is 11.5 Å². The third-order valence-electron chi connectivity index (χ3n) is 3.88. The summed E-state index contributed by atoms with van der Waals surface area (Å²) in [5.74, 6) is 0.161. The van der Waals surface area contributed by atoms with Gasteiger partial charge in [0.2, 0.25) is 0 Å². The average Bonchev–Trinajstić information content (AvgIpc) is 3.31. The number of carbonyl (C=O) groups excluding carboxylic acids is 1. The maximum atomic E-state index is 12.3. The first-order valence-electron chi connectivity index (χ1n) is 7.20. The molecule has 0 bridgehead atoms. The van der Waals surface area contributed by atoms with Gasteiger partial charge in [0.15, 0.2) is 0 Å². The minimum atomic E-state index is -0.353. The normalized spacial score (nSPS) is 15.5. The summed E-state index contributed by atoms with van der Waals surface area (Å²) in [5.41, 5.74) is 2.10. The van der Waals surface area contributed by atoms with Crippen molar-refractivity contribution in [2.24, 2.45) is 5.92 Å². The predicted octanol–water partition coefficient (Wildman–Crippen LogP) is 2.56. The Hall–Kier alpha value is -2.36. The number of benzene rings is 1. The number of carbonyl (C=O) groups is 1. The van der Waals surface area contributed by atoms with Gasteiger partial charge in [-0.05, 0) is 43.4 Å². The first kappa shape index (κ1) is 13.6. The van der Waals surface area contributed by atoms with Crippen molar-refractivity contribution < 1.29 is 4.79 Å². The zero-order valence-corrected chi connectivity index (χ0v) is 11.9. The van der Waals surface area contributed by atoms with Crippen LogP contribution in [-0.4, -0.2) is 10.9 Å². The van der Waals surface area contributed by atoms with E-state index in [1.165, 1.54) is 11.8 Å². The highest BCUT2D eigenvalue weighted by Crippen LogP contribution is 2.41. The van der Waals surface area contributed by atoms with E-state index in [0.717, 1.165) is 18.4 Å². The van der Waals surface area contributed by atoms with Gasteiger partial charge in [-0.2, -0.15) is 0 Å². The van der Waals surface area contributed by atoms with Crippen molar-refractivity contribution in [3.05, 3.63) is 69.6 Å². The number of pyridine rings is 1. The van der Waals surface area contributed by atoms with Crippen LogP contribution in [-0.2, 0) is 0 Å². The van der Waals surface area contributed by atoms with Gasteiger partial charge in [0.1, 0.15) is 5.56 Å². The van der Waals surface area contributed by atoms with Crippen molar-refractivity contribution >= 4 is 5.91 Å². The summed E-state index contributed by atoms with van der Waals surface area (Å²) in [7, 11) is 0. The molecule has 0 saturated heterocycles. The van der Waals surface area contributed by atoms with E-state index < -0.39 is 0 Å². The summed E-state index contributed by atoms with van der Waals surface area (Å²) < 4.78 is 0. The van der Waals surface area contributed by atoms with Gasteiger partial charge >= 0.3 is 0 Å². The molecule has 0 radical (unpaired) electrons. The number of hydrogen-bond acceptors (Lipinski definition) is 2. The molecule has 1 atom stereocenters. The van der Waals surface area contributed by atoms with E-state index in [2.05, 4.69) is 10.3 Å². The number of aromatic amines is 1. The molecule has 1 aromatic carbocycles. The average molecular weight is 282 g/mol. The summed E-state index contributed by atoms with van der Waals surface area (Å²) in [5, 5.41) is 3.01. The van der Waals surface area contributed by atoms with Crippen LogP contribution >= 0.6 is 0 Å². The lowest BCUT2D eigenvalue weighted by molar-refractivity contribution is 0.0930. The maximum absolute atomic E-state index is 12.3. The molecule has 4 nitrogen and oxygen atoms in total. The molecule has 21 heavy (non-hydrogen) atoms. The molecule has 2 aromatic rings. The van der Waals surface area contributed by atoms with E-state index >= 15 is 0 Å². The van der Waals surface area contributed by atoms with Crippen molar-refractivity contribution in [1.29, 1.82) is 0 Å². The summed E-state index contributed by atoms with van der Waals surface area (Å²) in [6.45, 7) is 2.04. The molecule has 0 aliphatic heterocycles. The second-order valence-electron chi connectivity index (χ2n) is 5.61. The molecule has 3 rings (SSSR count). The smallest absolute Gasteiger partial charge is 0.260 e. The first-order chi connectivity index (χ1) is 10.1. The Balaban J connectivity index is 1.83. The molecule has 1 aromatic heterocycles. The third kappa shape index (κ3) is 3.05. The minimum absolute atomic E-state index is 0.0160. The van der Waals surface area contributed by atoms with Crippen molar-refractivity contribution in [3.8, 4) is 0 Å². The summed E-state index contributed by atoms with van der Waals surface area (Å²) >= 11 is 0. The van der Waals surface area contributed by atoms with Crippen LogP contribution in [0.3, 0.4) is 0 Å². The van der Waals surface area contributed by atoms with Crippen molar-refractivity contribution in [2.75, 3.05) is 0 Å². The number of nitrogens with one attached hydrogen (secondary N) is 2. The number of aromatic nitrogens is 1. The standard InChI is InChI=1S/C17H18N2O2/c1-11-4-6-12(7-5-11)15(13-8-9-13)19-17(21)14-3-2-10-18-16(14)20/h2-7,10,13,15H,8-9H2,1H3,(H,18,20)(H,19,21). The topological polar surface area (TPSA) is 62.0 Å². The Morgan fingerprint density at radius 3 is 2.57 bits per heavy atom. The molecule has 0 spiro atoms. The molecule has 1 saturated carbocycles. The molecule has 108 valence electrons. The Morgan fingerprint density at radius 1 is 1.24 bits per heavy atom. The zero-order valence-electron chi connectivity index (χ0n) is 11.9. The van der Waals surface area contributed by atoms with Crippen LogP contribution in [0.5, 0.6) is 0 Å². The van der Waals surface area contributed by atoms with Crippen LogP contribution in [0, 0.1) is 12.8 Å². The van der Waals surface area contributed by atoms with Crippen LogP contribution in [0.2, 0.25) is 0 Å². The highest BCUT2D eigenvalue weighted by molar-refractivity contribution is 5.94. The Morgan fingerprint density at radius 2 is 1.95 bits per heavy atom. The van der Waals surface area contributed by atoms with E-state index in [1.807, 2.05) is 31.2 Å². The fourth-order valence-corrected chi connectivity index (χ4v) is 2.50. The van der Waals surface area contributed by atoms with E-state index in [4.69, 9.17) is 0 Å². The van der Waals surface area contributed by atoms with Gasteiger partial charge in [-0.25, -0.2) is 0 Å².